The Morgan fingerprint density at radius 1 is 1.24 bits per heavy atom. The molecule has 0 saturated heterocycles. The molecule has 0 unspecified atom stereocenters. The molecule has 3 nitrogen and oxygen atoms in total. The van der Waals surface area contributed by atoms with Gasteiger partial charge in [-0.1, -0.05) is 6.07 Å². The molecule has 0 aliphatic heterocycles. The number of hydrogen-bond acceptors (Lipinski definition) is 2. The molecule has 2 aromatic rings. The largest absolute Gasteiger partial charge is 0.321 e. The number of halogens is 2. The van der Waals surface area contributed by atoms with Crippen LogP contribution in [0.2, 0.25) is 0 Å². The van der Waals surface area contributed by atoms with E-state index in [0.29, 0.717) is 11.5 Å². The van der Waals surface area contributed by atoms with Crippen LogP contribution in [0, 0.1) is 25.5 Å². The number of imidazole rings is 1. The summed E-state index contributed by atoms with van der Waals surface area (Å²) in [6, 6.07) is 2.63. The molecule has 0 spiro atoms. The summed E-state index contributed by atoms with van der Waals surface area (Å²) >= 11 is 0. The van der Waals surface area contributed by atoms with Crippen LogP contribution in [0.3, 0.4) is 0 Å². The maximum atomic E-state index is 13.7. The Morgan fingerprint density at radius 2 is 1.94 bits per heavy atom. The summed E-state index contributed by atoms with van der Waals surface area (Å²) in [5, 5.41) is 2.67. The van der Waals surface area contributed by atoms with Crippen molar-refractivity contribution in [2.75, 3.05) is 5.32 Å². The summed E-state index contributed by atoms with van der Waals surface area (Å²) in [6.45, 7) is 3.40. The topological polar surface area (TPSA) is 29.9 Å². The Balaban J connectivity index is 2.43. The van der Waals surface area contributed by atoms with Crippen molar-refractivity contribution in [3.05, 3.63) is 41.2 Å². The van der Waals surface area contributed by atoms with Crippen LogP contribution in [0.4, 0.5) is 20.4 Å². The quantitative estimate of drug-likeness (QED) is 0.870. The fraction of sp³-hybridized carbons (Fsp3) is 0.250. The summed E-state index contributed by atoms with van der Waals surface area (Å²) in [5.74, 6) is -0.815. The Bertz CT molecular complexity index is 561. The highest BCUT2D eigenvalue weighted by Gasteiger charge is 2.13. The van der Waals surface area contributed by atoms with Gasteiger partial charge in [0.05, 0.1) is 5.69 Å². The van der Waals surface area contributed by atoms with E-state index in [0.717, 1.165) is 5.69 Å². The molecule has 0 radical (unpaired) electrons. The average molecular weight is 237 g/mol. The van der Waals surface area contributed by atoms with Crippen LogP contribution in [0.5, 0.6) is 0 Å². The van der Waals surface area contributed by atoms with Crippen LogP contribution in [0.15, 0.2) is 18.3 Å². The molecule has 2 rings (SSSR count). The van der Waals surface area contributed by atoms with E-state index in [2.05, 4.69) is 10.3 Å². The molecular weight excluding hydrogens is 224 g/mol. The van der Waals surface area contributed by atoms with Crippen LogP contribution in [-0.2, 0) is 7.05 Å². The molecular formula is C12H13F2N3. The van der Waals surface area contributed by atoms with Crippen LogP contribution in [0.1, 0.15) is 11.3 Å². The van der Waals surface area contributed by atoms with Gasteiger partial charge in [0.25, 0.3) is 0 Å². The van der Waals surface area contributed by atoms with Gasteiger partial charge >= 0.3 is 0 Å². The van der Waals surface area contributed by atoms with E-state index in [4.69, 9.17) is 0 Å². The molecule has 1 aromatic carbocycles. The highest BCUT2D eigenvalue weighted by molar-refractivity contribution is 5.57. The first kappa shape index (κ1) is 11.6. The van der Waals surface area contributed by atoms with Crippen molar-refractivity contribution < 1.29 is 8.78 Å². The zero-order valence-electron chi connectivity index (χ0n) is 9.88. The number of aromatic nitrogens is 2. The van der Waals surface area contributed by atoms with Crippen LogP contribution < -0.4 is 5.32 Å². The second-order valence-electron chi connectivity index (χ2n) is 4.00. The smallest absolute Gasteiger partial charge is 0.207 e. The summed E-state index contributed by atoms with van der Waals surface area (Å²) < 4.78 is 28.9. The fourth-order valence-corrected chi connectivity index (χ4v) is 1.62. The molecule has 90 valence electrons. The average Bonchev–Trinajstić information content (AvgIpc) is 2.58. The zero-order valence-corrected chi connectivity index (χ0v) is 9.88. The first-order valence-electron chi connectivity index (χ1n) is 5.20. The van der Waals surface area contributed by atoms with E-state index < -0.39 is 11.6 Å². The predicted molar refractivity (Wildman–Crippen MR) is 62.3 cm³/mol. The van der Waals surface area contributed by atoms with Gasteiger partial charge in [-0.25, -0.2) is 13.8 Å². The standard InChI is InChI=1S/C12H13F2N3/c1-7-4-5-9(13)11(10(7)14)16-12-15-8(2)6-17(12)3/h4-6H,1-3H3,(H,15,16). The molecule has 0 atom stereocenters. The Hall–Kier alpha value is -1.91. The van der Waals surface area contributed by atoms with Crippen LogP contribution in [0.25, 0.3) is 0 Å². The third-order valence-corrected chi connectivity index (χ3v) is 2.52. The van der Waals surface area contributed by atoms with Gasteiger partial charge in [0.1, 0.15) is 11.5 Å². The molecule has 1 N–H and O–H groups in total. The molecule has 0 fully saturated rings. The molecule has 0 saturated carbocycles. The highest BCUT2D eigenvalue weighted by Crippen LogP contribution is 2.24. The number of rotatable bonds is 2. The molecule has 1 heterocycles. The molecule has 0 aliphatic rings. The summed E-state index contributed by atoms with van der Waals surface area (Å²) in [4.78, 5) is 4.14. The number of benzene rings is 1. The lowest BCUT2D eigenvalue weighted by Crippen LogP contribution is -2.03. The van der Waals surface area contributed by atoms with Crippen molar-refractivity contribution in [2.24, 2.45) is 7.05 Å². The van der Waals surface area contributed by atoms with E-state index in [1.807, 2.05) is 6.92 Å². The van der Waals surface area contributed by atoms with Crippen LogP contribution in [-0.4, -0.2) is 9.55 Å². The first-order valence-corrected chi connectivity index (χ1v) is 5.20. The van der Waals surface area contributed by atoms with Gasteiger partial charge in [-0.3, -0.25) is 0 Å². The highest BCUT2D eigenvalue weighted by atomic mass is 19.1. The Kier molecular flexibility index (Phi) is 2.83. The third-order valence-electron chi connectivity index (χ3n) is 2.52. The minimum atomic E-state index is -0.631. The Morgan fingerprint density at radius 3 is 2.53 bits per heavy atom. The summed E-state index contributed by atoms with van der Waals surface area (Å²) in [6.07, 6.45) is 1.77. The van der Waals surface area contributed by atoms with Crippen molar-refractivity contribution in [1.29, 1.82) is 0 Å². The lowest BCUT2D eigenvalue weighted by molar-refractivity contribution is 0.584. The number of anilines is 2. The number of aryl methyl sites for hydroxylation is 3. The first-order chi connectivity index (χ1) is 7.99. The van der Waals surface area contributed by atoms with Gasteiger partial charge in [-0.15, -0.1) is 0 Å². The van der Waals surface area contributed by atoms with Gasteiger partial charge in [-0.2, -0.15) is 0 Å². The summed E-state index contributed by atoms with van der Waals surface area (Å²) in [5.41, 5.74) is 1.00. The summed E-state index contributed by atoms with van der Waals surface area (Å²) in [7, 11) is 1.76. The van der Waals surface area contributed by atoms with Crippen LogP contribution >= 0.6 is 0 Å². The van der Waals surface area contributed by atoms with Crippen molar-refractivity contribution in [3.8, 4) is 0 Å². The predicted octanol–water partition coefficient (Wildman–Crippen LogP) is 3.06. The number of nitrogens with one attached hydrogen (secondary N) is 1. The van der Waals surface area contributed by atoms with E-state index >= 15 is 0 Å². The monoisotopic (exact) mass is 237 g/mol. The maximum absolute atomic E-state index is 13.7. The van der Waals surface area contributed by atoms with Gasteiger partial charge in [0, 0.05) is 13.2 Å². The van der Waals surface area contributed by atoms with Crippen molar-refractivity contribution in [2.45, 2.75) is 13.8 Å². The van der Waals surface area contributed by atoms with Crippen molar-refractivity contribution >= 4 is 11.6 Å². The fourth-order valence-electron chi connectivity index (χ4n) is 1.62. The number of hydrogen-bond donors (Lipinski definition) is 1. The maximum Gasteiger partial charge on any atom is 0.207 e. The molecule has 0 aliphatic carbocycles. The molecule has 1 aromatic heterocycles. The lowest BCUT2D eigenvalue weighted by atomic mass is 10.2. The minimum Gasteiger partial charge on any atom is -0.321 e. The molecule has 0 amide bonds. The van der Waals surface area contributed by atoms with Gasteiger partial charge in [-0.05, 0) is 25.5 Å². The van der Waals surface area contributed by atoms with Gasteiger partial charge in [0.15, 0.2) is 5.82 Å². The molecule has 5 heteroatoms. The number of nitrogens with zero attached hydrogens (tertiary/aromatic N) is 2. The van der Waals surface area contributed by atoms with Crippen molar-refractivity contribution in [1.82, 2.24) is 9.55 Å². The van der Waals surface area contributed by atoms with Gasteiger partial charge in [0.2, 0.25) is 5.95 Å². The second kappa shape index (κ2) is 4.16. The lowest BCUT2D eigenvalue weighted by Gasteiger charge is -2.09. The van der Waals surface area contributed by atoms with E-state index in [-0.39, 0.29) is 5.69 Å². The third kappa shape index (κ3) is 2.13. The minimum absolute atomic E-state index is 0.168. The van der Waals surface area contributed by atoms with E-state index in [1.54, 1.807) is 24.7 Å². The molecule has 0 bridgehead atoms. The molecule has 17 heavy (non-hydrogen) atoms. The second-order valence-corrected chi connectivity index (χ2v) is 4.00. The van der Waals surface area contributed by atoms with Crippen molar-refractivity contribution in [3.63, 3.8) is 0 Å². The Labute approximate surface area is 98.1 Å². The van der Waals surface area contributed by atoms with Gasteiger partial charge < -0.3 is 9.88 Å². The zero-order chi connectivity index (χ0) is 12.6. The van der Waals surface area contributed by atoms with E-state index in [9.17, 15) is 8.78 Å². The normalized spacial score (nSPS) is 10.6. The van der Waals surface area contributed by atoms with E-state index in [1.165, 1.54) is 12.1 Å². The SMILES string of the molecule is Cc1cn(C)c(Nc2c(F)ccc(C)c2F)n1.